The molecule has 0 aromatic heterocycles. The molecular weight excluding hydrogens is 392 g/mol. The van der Waals surface area contributed by atoms with Crippen LogP contribution in [-0.4, -0.2) is 20.7 Å². The standard InChI is InChI=1S/C22H27ClN2O2S/c23-20-9-6-16(7-10-20)13-22-21-12-18(5-8-19(21)2-1-11-24-22)14-25-28(26,27)15-17-3-4-17/h5-10,12,17,22,24-25H,1-4,11,13-15H2. The second-order valence-corrected chi connectivity index (χ2v) is 10.3. The van der Waals surface area contributed by atoms with Crippen LogP contribution in [0.2, 0.25) is 5.02 Å². The van der Waals surface area contributed by atoms with Gasteiger partial charge < -0.3 is 5.32 Å². The van der Waals surface area contributed by atoms with Crippen molar-refractivity contribution in [3.63, 3.8) is 0 Å². The minimum atomic E-state index is -3.19. The molecule has 28 heavy (non-hydrogen) atoms. The number of halogens is 1. The molecule has 6 heteroatoms. The van der Waals surface area contributed by atoms with E-state index in [1.54, 1.807) is 0 Å². The lowest BCUT2D eigenvalue weighted by Crippen LogP contribution is -2.27. The molecule has 1 unspecified atom stereocenters. The van der Waals surface area contributed by atoms with Crippen molar-refractivity contribution in [3.8, 4) is 0 Å². The summed E-state index contributed by atoms with van der Waals surface area (Å²) >= 11 is 6.02. The zero-order valence-corrected chi connectivity index (χ0v) is 17.5. The molecule has 2 aromatic carbocycles. The summed E-state index contributed by atoms with van der Waals surface area (Å²) in [5.74, 6) is 0.621. The van der Waals surface area contributed by atoms with Gasteiger partial charge in [-0.3, -0.25) is 0 Å². The number of fused-ring (bicyclic) bond motifs is 1. The summed E-state index contributed by atoms with van der Waals surface area (Å²) in [5.41, 5.74) is 4.90. The Balaban J connectivity index is 1.50. The summed E-state index contributed by atoms with van der Waals surface area (Å²) < 4.78 is 27.2. The minimum absolute atomic E-state index is 0.224. The maximum Gasteiger partial charge on any atom is 0.212 e. The normalized spacial score (nSPS) is 19.8. The first-order valence-electron chi connectivity index (χ1n) is 10.1. The topological polar surface area (TPSA) is 58.2 Å². The first-order valence-corrected chi connectivity index (χ1v) is 12.1. The van der Waals surface area contributed by atoms with Gasteiger partial charge in [0.05, 0.1) is 5.75 Å². The van der Waals surface area contributed by atoms with Crippen LogP contribution in [-0.2, 0) is 29.4 Å². The molecule has 0 saturated heterocycles. The van der Waals surface area contributed by atoms with E-state index in [4.69, 9.17) is 11.6 Å². The van der Waals surface area contributed by atoms with Crippen molar-refractivity contribution in [2.45, 2.75) is 44.7 Å². The van der Waals surface area contributed by atoms with Crippen molar-refractivity contribution < 1.29 is 8.42 Å². The molecule has 4 rings (SSSR count). The Hall–Kier alpha value is -1.40. The monoisotopic (exact) mass is 418 g/mol. The van der Waals surface area contributed by atoms with Gasteiger partial charge >= 0.3 is 0 Å². The summed E-state index contributed by atoms with van der Waals surface area (Å²) in [7, 11) is -3.19. The van der Waals surface area contributed by atoms with Crippen molar-refractivity contribution >= 4 is 21.6 Å². The van der Waals surface area contributed by atoms with Gasteiger partial charge in [-0.15, -0.1) is 0 Å². The van der Waals surface area contributed by atoms with E-state index in [-0.39, 0.29) is 11.8 Å². The molecule has 0 amide bonds. The fraction of sp³-hybridized carbons (Fsp3) is 0.455. The number of benzene rings is 2. The van der Waals surface area contributed by atoms with Crippen LogP contribution >= 0.6 is 11.6 Å². The Morgan fingerprint density at radius 1 is 1.07 bits per heavy atom. The lowest BCUT2D eigenvalue weighted by molar-refractivity contribution is 0.539. The van der Waals surface area contributed by atoms with Gasteiger partial charge in [0.1, 0.15) is 0 Å². The molecule has 1 aliphatic carbocycles. The Labute approximate surface area is 172 Å². The molecule has 4 nitrogen and oxygen atoms in total. The number of rotatable bonds is 7. The van der Waals surface area contributed by atoms with Crippen molar-refractivity contribution in [2.75, 3.05) is 12.3 Å². The van der Waals surface area contributed by atoms with Crippen molar-refractivity contribution in [3.05, 3.63) is 69.7 Å². The van der Waals surface area contributed by atoms with Crippen LogP contribution in [0, 0.1) is 5.92 Å². The molecule has 1 aliphatic heterocycles. The van der Waals surface area contributed by atoms with Gasteiger partial charge in [-0.1, -0.05) is 41.9 Å². The van der Waals surface area contributed by atoms with Crippen molar-refractivity contribution in [2.24, 2.45) is 5.92 Å². The molecule has 1 fully saturated rings. The maximum atomic E-state index is 12.2. The molecule has 1 heterocycles. The molecule has 1 saturated carbocycles. The molecule has 2 N–H and O–H groups in total. The summed E-state index contributed by atoms with van der Waals surface area (Å²) in [6, 6.07) is 14.6. The van der Waals surface area contributed by atoms with E-state index in [9.17, 15) is 8.42 Å². The van der Waals surface area contributed by atoms with Crippen molar-refractivity contribution in [1.82, 2.24) is 10.0 Å². The van der Waals surface area contributed by atoms with E-state index in [2.05, 4.69) is 40.4 Å². The van der Waals surface area contributed by atoms with Crippen LogP contribution < -0.4 is 10.0 Å². The molecule has 2 aliphatic rings. The zero-order chi connectivity index (χ0) is 19.6. The quantitative estimate of drug-likeness (QED) is 0.714. The zero-order valence-electron chi connectivity index (χ0n) is 16.0. The van der Waals surface area contributed by atoms with Gasteiger partial charge in [-0.05, 0) is 79.0 Å². The lowest BCUT2D eigenvalue weighted by Gasteiger charge is -2.20. The van der Waals surface area contributed by atoms with Gasteiger partial charge in [0.15, 0.2) is 0 Å². The van der Waals surface area contributed by atoms with Crippen molar-refractivity contribution in [1.29, 1.82) is 0 Å². The highest BCUT2D eigenvalue weighted by atomic mass is 35.5. The number of hydrogen-bond donors (Lipinski definition) is 2. The molecule has 150 valence electrons. The van der Waals surface area contributed by atoms with E-state index in [1.807, 2.05) is 12.1 Å². The Morgan fingerprint density at radius 3 is 2.57 bits per heavy atom. The molecule has 1 atom stereocenters. The smallest absolute Gasteiger partial charge is 0.212 e. The van der Waals surface area contributed by atoms with Gasteiger partial charge in [0, 0.05) is 17.6 Å². The van der Waals surface area contributed by atoms with Crippen LogP contribution in [0.25, 0.3) is 0 Å². The SMILES string of the molecule is O=S(=O)(CC1CC1)NCc1ccc2c(c1)C(Cc1ccc(Cl)cc1)NCCC2. The summed E-state index contributed by atoms with van der Waals surface area (Å²) in [4.78, 5) is 0. The van der Waals surface area contributed by atoms with Gasteiger partial charge in [-0.2, -0.15) is 0 Å². The summed E-state index contributed by atoms with van der Waals surface area (Å²) in [5, 5.41) is 4.41. The van der Waals surface area contributed by atoms with E-state index >= 15 is 0 Å². The van der Waals surface area contributed by atoms with Crippen LogP contribution in [0.15, 0.2) is 42.5 Å². The molecular formula is C22H27ClN2O2S. The number of nitrogens with one attached hydrogen (secondary N) is 2. The maximum absolute atomic E-state index is 12.2. The highest BCUT2D eigenvalue weighted by molar-refractivity contribution is 7.89. The fourth-order valence-electron chi connectivity index (χ4n) is 3.86. The first kappa shape index (κ1) is 19.9. The van der Waals surface area contributed by atoms with Crippen LogP contribution in [0.1, 0.15) is 47.6 Å². The number of aryl methyl sites for hydroxylation is 1. The Kier molecular flexibility index (Phi) is 6.07. The predicted octanol–water partition coefficient (Wildman–Crippen LogP) is 3.99. The predicted molar refractivity (Wildman–Crippen MR) is 114 cm³/mol. The average molecular weight is 419 g/mol. The molecule has 0 radical (unpaired) electrons. The Bertz CT molecular complexity index is 924. The summed E-state index contributed by atoms with van der Waals surface area (Å²) in [6.45, 7) is 1.34. The third-order valence-corrected chi connectivity index (χ3v) is 7.35. The van der Waals surface area contributed by atoms with Gasteiger partial charge in [0.2, 0.25) is 10.0 Å². The number of hydrogen-bond acceptors (Lipinski definition) is 3. The van der Waals surface area contributed by atoms with Gasteiger partial charge in [-0.25, -0.2) is 13.1 Å². The van der Waals surface area contributed by atoms with Crippen LogP contribution in [0.3, 0.4) is 0 Å². The second-order valence-electron chi connectivity index (χ2n) is 8.02. The fourth-order valence-corrected chi connectivity index (χ4v) is 5.44. The highest BCUT2D eigenvalue weighted by Gasteiger charge is 2.27. The number of sulfonamides is 1. The van der Waals surface area contributed by atoms with E-state index in [0.717, 1.165) is 49.2 Å². The van der Waals surface area contributed by atoms with E-state index in [0.29, 0.717) is 12.5 Å². The average Bonchev–Trinajstić information content (AvgIpc) is 3.49. The molecule has 0 spiro atoms. The lowest BCUT2D eigenvalue weighted by atomic mass is 9.92. The minimum Gasteiger partial charge on any atom is -0.310 e. The second kappa shape index (κ2) is 8.54. The first-order chi connectivity index (χ1) is 13.5. The van der Waals surface area contributed by atoms with E-state index in [1.165, 1.54) is 16.7 Å². The van der Waals surface area contributed by atoms with Gasteiger partial charge in [0.25, 0.3) is 0 Å². The third kappa shape index (κ3) is 5.35. The Morgan fingerprint density at radius 2 is 1.82 bits per heavy atom. The molecule has 2 aromatic rings. The van der Waals surface area contributed by atoms with E-state index < -0.39 is 10.0 Å². The molecule has 0 bridgehead atoms. The van der Waals surface area contributed by atoms with Crippen LogP contribution in [0.4, 0.5) is 0 Å². The highest BCUT2D eigenvalue weighted by Crippen LogP contribution is 2.30. The summed E-state index contributed by atoms with van der Waals surface area (Å²) in [6.07, 6.45) is 5.13. The van der Waals surface area contributed by atoms with Crippen LogP contribution in [0.5, 0.6) is 0 Å². The third-order valence-electron chi connectivity index (χ3n) is 5.60. The largest absolute Gasteiger partial charge is 0.310 e.